The van der Waals surface area contributed by atoms with Gasteiger partial charge in [0.15, 0.2) is 0 Å². The molecule has 0 N–H and O–H groups in total. The number of hydrogen-bond acceptors (Lipinski definition) is 3. The summed E-state index contributed by atoms with van der Waals surface area (Å²) in [7, 11) is 0. The molecule has 1 heterocycles. The van der Waals surface area contributed by atoms with Crippen LogP contribution in [0.2, 0.25) is 0 Å². The molecule has 1 aliphatic rings. The van der Waals surface area contributed by atoms with Crippen LogP contribution in [0.15, 0.2) is 41.0 Å². The third-order valence-corrected chi connectivity index (χ3v) is 6.68. The number of carbonyl (C=O) groups is 1. The number of aryl methyl sites for hydroxylation is 1. The molecule has 1 aromatic carbocycles. The lowest BCUT2D eigenvalue weighted by molar-refractivity contribution is -0.131. The van der Waals surface area contributed by atoms with Crippen LogP contribution < -0.4 is 9.47 Å². The first-order valence-corrected chi connectivity index (χ1v) is 12.5. The van der Waals surface area contributed by atoms with Gasteiger partial charge in [-0.3, -0.25) is 4.79 Å². The van der Waals surface area contributed by atoms with Crippen molar-refractivity contribution < 1.29 is 14.3 Å². The van der Waals surface area contributed by atoms with Crippen molar-refractivity contribution >= 4 is 5.97 Å². The molecule has 0 aromatic heterocycles. The standard InChI is InChI=1S/C30H44O3/c1-21(2)12-9-13-22(3)14-10-15-23(4)16-11-18-30(8)19-17-27-20-28(32-26(7)31)24(5)25(6)29(27)33-30/h12,14,16,20H,9-11,13,15,17-19H2,1-8H3/b22-14+,23-16+/t30-/m1/s1. The molecule has 2 rings (SSSR count). The van der Waals surface area contributed by atoms with Crippen LogP contribution in [0, 0.1) is 13.8 Å². The Balaban J connectivity index is 1.89. The highest BCUT2D eigenvalue weighted by Crippen LogP contribution is 2.42. The molecule has 0 bridgehead atoms. The fraction of sp³-hybridized carbons (Fsp3) is 0.567. The largest absolute Gasteiger partial charge is 0.487 e. The van der Waals surface area contributed by atoms with Crippen molar-refractivity contribution in [1.29, 1.82) is 0 Å². The van der Waals surface area contributed by atoms with Gasteiger partial charge >= 0.3 is 5.97 Å². The molecule has 0 unspecified atom stereocenters. The zero-order valence-corrected chi connectivity index (χ0v) is 22.2. The molecule has 0 saturated carbocycles. The Morgan fingerprint density at radius 2 is 1.58 bits per heavy atom. The average molecular weight is 453 g/mol. The van der Waals surface area contributed by atoms with Gasteiger partial charge < -0.3 is 9.47 Å². The fourth-order valence-corrected chi connectivity index (χ4v) is 4.35. The number of carbonyl (C=O) groups excluding carboxylic acids is 1. The summed E-state index contributed by atoms with van der Waals surface area (Å²) in [6.07, 6.45) is 15.6. The summed E-state index contributed by atoms with van der Waals surface area (Å²) in [4.78, 5) is 11.4. The SMILES string of the molecule is CC(=O)Oc1cc2c(c(C)c1C)O[C@](C)(CC/C=C(\C)CC/C=C(\C)CCC=C(C)C)CC2. The number of fused-ring (bicyclic) bond motifs is 1. The number of ether oxygens (including phenoxy) is 2. The fourth-order valence-electron chi connectivity index (χ4n) is 4.35. The summed E-state index contributed by atoms with van der Waals surface area (Å²) in [6, 6.07) is 1.98. The minimum Gasteiger partial charge on any atom is -0.487 e. The predicted octanol–water partition coefficient (Wildman–Crippen LogP) is 8.51. The van der Waals surface area contributed by atoms with Crippen molar-refractivity contribution in [3.63, 3.8) is 0 Å². The van der Waals surface area contributed by atoms with E-state index in [4.69, 9.17) is 9.47 Å². The second-order valence-electron chi connectivity index (χ2n) is 10.3. The van der Waals surface area contributed by atoms with Crippen LogP contribution in [0.5, 0.6) is 11.5 Å². The first-order valence-electron chi connectivity index (χ1n) is 12.5. The van der Waals surface area contributed by atoms with Crippen molar-refractivity contribution in [3.8, 4) is 11.5 Å². The number of benzene rings is 1. The summed E-state index contributed by atoms with van der Waals surface area (Å²) in [5, 5.41) is 0. The average Bonchev–Trinajstić information content (AvgIpc) is 2.72. The Kier molecular flexibility index (Phi) is 10.0. The zero-order chi connectivity index (χ0) is 24.6. The van der Waals surface area contributed by atoms with Gasteiger partial charge in [-0.2, -0.15) is 0 Å². The molecule has 1 aliphatic heterocycles. The van der Waals surface area contributed by atoms with Gasteiger partial charge in [0, 0.05) is 6.92 Å². The highest BCUT2D eigenvalue weighted by Gasteiger charge is 2.33. The van der Waals surface area contributed by atoms with Gasteiger partial charge in [-0.05, 0) is 123 Å². The quantitative estimate of drug-likeness (QED) is 0.203. The first-order chi connectivity index (χ1) is 15.5. The lowest BCUT2D eigenvalue weighted by atomic mass is 9.86. The van der Waals surface area contributed by atoms with Crippen molar-refractivity contribution in [3.05, 3.63) is 57.7 Å². The van der Waals surface area contributed by atoms with Crippen LogP contribution in [0.4, 0.5) is 0 Å². The molecular weight excluding hydrogens is 408 g/mol. The van der Waals surface area contributed by atoms with Crippen LogP contribution in [-0.4, -0.2) is 11.6 Å². The third kappa shape index (κ3) is 8.53. The lowest BCUT2D eigenvalue weighted by Gasteiger charge is -2.37. The molecule has 0 aliphatic carbocycles. The normalized spacial score (nSPS) is 18.4. The van der Waals surface area contributed by atoms with Gasteiger partial charge in [0.25, 0.3) is 0 Å². The molecule has 33 heavy (non-hydrogen) atoms. The van der Waals surface area contributed by atoms with E-state index in [0.29, 0.717) is 5.75 Å². The summed E-state index contributed by atoms with van der Waals surface area (Å²) < 4.78 is 12.0. The monoisotopic (exact) mass is 452 g/mol. The minimum absolute atomic E-state index is 0.161. The van der Waals surface area contributed by atoms with Gasteiger partial charge in [-0.1, -0.05) is 34.9 Å². The van der Waals surface area contributed by atoms with E-state index in [2.05, 4.69) is 59.8 Å². The Hall–Kier alpha value is -2.29. The van der Waals surface area contributed by atoms with Crippen LogP contribution in [0.25, 0.3) is 0 Å². The van der Waals surface area contributed by atoms with E-state index >= 15 is 0 Å². The molecule has 0 fully saturated rings. The number of hydrogen-bond donors (Lipinski definition) is 0. The molecular formula is C30H44O3. The molecule has 0 radical (unpaired) electrons. The predicted molar refractivity (Wildman–Crippen MR) is 139 cm³/mol. The van der Waals surface area contributed by atoms with Crippen molar-refractivity contribution in [1.82, 2.24) is 0 Å². The number of esters is 1. The van der Waals surface area contributed by atoms with E-state index in [0.717, 1.165) is 73.8 Å². The maximum atomic E-state index is 11.4. The van der Waals surface area contributed by atoms with Gasteiger partial charge in [-0.15, -0.1) is 0 Å². The molecule has 3 heteroatoms. The Labute approximate surface area is 202 Å². The molecule has 0 amide bonds. The minimum atomic E-state index is -0.282. The second kappa shape index (κ2) is 12.3. The molecule has 1 aromatic rings. The molecule has 1 atom stereocenters. The Morgan fingerprint density at radius 1 is 0.970 bits per heavy atom. The van der Waals surface area contributed by atoms with Crippen LogP contribution in [0.3, 0.4) is 0 Å². The summed E-state index contributed by atoms with van der Waals surface area (Å²) >= 11 is 0. The Morgan fingerprint density at radius 3 is 2.18 bits per heavy atom. The second-order valence-corrected chi connectivity index (χ2v) is 10.3. The Bertz CT molecular complexity index is 928. The lowest BCUT2D eigenvalue weighted by Crippen LogP contribution is -2.36. The summed E-state index contributed by atoms with van der Waals surface area (Å²) in [6.45, 7) is 16.5. The van der Waals surface area contributed by atoms with E-state index in [1.807, 2.05) is 13.0 Å². The summed E-state index contributed by atoms with van der Waals surface area (Å²) in [5.74, 6) is 1.35. The van der Waals surface area contributed by atoms with Gasteiger partial charge in [0.1, 0.15) is 17.1 Å². The smallest absolute Gasteiger partial charge is 0.308 e. The highest BCUT2D eigenvalue weighted by molar-refractivity contribution is 5.70. The number of allylic oxidation sites excluding steroid dienone is 6. The third-order valence-electron chi connectivity index (χ3n) is 6.68. The van der Waals surface area contributed by atoms with E-state index in [1.165, 1.54) is 23.6 Å². The topological polar surface area (TPSA) is 35.5 Å². The van der Waals surface area contributed by atoms with Crippen molar-refractivity contribution in [2.75, 3.05) is 0 Å². The maximum Gasteiger partial charge on any atom is 0.308 e. The maximum absolute atomic E-state index is 11.4. The van der Waals surface area contributed by atoms with Crippen LogP contribution in [-0.2, 0) is 11.2 Å². The first kappa shape index (κ1) is 27.0. The number of rotatable bonds is 10. The zero-order valence-electron chi connectivity index (χ0n) is 22.2. The van der Waals surface area contributed by atoms with Crippen molar-refractivity contribution in [2.45, 2.75) is 112 Å². The van der Waals surface area contributed by atoms with E-state index < -0.39 is 0 Å². The van der Waals surface area contributed by atoms with E-state index in [1.54, 1.807) is 0 Å². The summed E-state index contributed by atoms with van der Waals surface area (Å²) in [5.41, 5.74) is 7.39. The van der Waals surface area contributed by atoms with Crippen LogP contribution in [0.1, 0.15) is 103 Å². The molecule has 182 valence electrons. The molecule has 0 spiro atoms. The van der Waals surface area contributed by atoms with E-state index in [9.17, 15) is 4.79 Å². The van der Waals surface area contributed by atoms with Crippen molar-refractivity contribution in [2.24, 2.45) is 0 Å². The van der Waals surface area contributed by atoms with Gasteiger partial charge in [0.2, 0.25) is 0 Å². The van der Waals surface area contributed by atoms with Crippen LogP contribution >= 0.6 is 0 Å². The molecule has 3 nitrogen and oxygen atoms in total. The molecule has 0 saturated heterocycles. The van der Waals surface area contributed by atoms with E-state index in [-0.39, 0.29) is 11.6 Å². The van der Waals surface area contributed by atoms with Gasteiger partial charge in [0.05, 0.1) is 0 Å². The van der Waals surface area contributed by atoms with Gasteiger partial charge in [-0.25, -0.2) is 0 Å². The highest BCUT2D eigenvalue weighted by atomic mass is 16.5.